The first-order chi connectivity index (χ1) is 10.1. The number of nitrogens with two attached hydrogens (primary N) is 1. The second kappa shape index (κ2) is 7.75. The highest BCUT2D eigenvalue weighted by Gasteiger charge is 2.33. The summed E-state index contributed by atoms with van der Waals surface area (Å²) < 4.78 is 0. The second-order valence-corrected chi connectivity index (χ2v) is 6.27. The predicted molar refractivity (Wildman–Crippen MR) is 81.6 cm³/mol. The van der Waals surface area contributed by atoms with Crippen LogP contribution in [0.15, 0.2) is 0 Å². The van der Waals surface area contributed by atoms with Crippen LogP contribution in [0.25, 0.3) is 0 Å². The van der Waals surface area contributed by atoms with E-state index in [2.05, 4.69) is 10.2 Å². The van der Waals surface area contributed by atoms with Gasteiger partial charge in [0.1, 0.15) is 0 Å². The van der Waals surface area contributed by atoms with E-state index >= 15 is 0 Å². The molecule has 21 heavy (non-hydrogen) atoms. The highest BCUT2D eigenvalue weighted by Crippen LogP contribution is 2.25. The molecule has 2 heterocycles. The summed E-state index contributed by atoms with van der Waals surface area (Å²) in [4.78, 5) is 27.6. The van der Waals surface area contributed by atoms with Crippen molar-refractivity contribution in [2.75, 3.05) is 39.8 Å². The standard InChI is InChI=1S/C15H28N4O2/c1-18(8-2-7-16)15(21)6-10-19-9-5-13-12(11-19)3-4-14(20)17-13/h12-13H,2-11,16H2,1H3,(H,17,20). The lowest BCUT2D eigenvalue weighted by molar-refractivity contribution is -0.130. The molecule has 0 bridgehead atoms. The van der Waals surface area contributed by atoms with Gasteiger partial charge in [0, 0.05) is 52.1 Å². The summed E-state index contributed by atoms with van der Waals surface area (Å²) in [5.74, 6) is 0.949. The molecule has 2 atom stereocenters. The normalized spacial score (nSPS) is 26.1. The van der Waals surface area contributed by atoms with Crippen molar-refractivity contribution in [3.8, 4) is 0 Å². The Morgan fingerprint density at radius 2 is 2.29 bits per heavy atom. The minimum absolute atomic E-state index is 0.196. The van der Waals surface area contributed by atoms with Crippen molar-refractivity contribution >= 4 is 11.8 Å². The van der Waals surface area contributed by atoms with Gasteiger partial charge >= 0.3 is 0 Å². The summed E-state index contributed by atoms with van der Waals surface area (Å²) in [6.07, 6.45) is 4.07. The fraction of sp³-hybridized carbons (Fsp3) is 0.867. The number of carbonyl (C=O) groups excluding carboxylic acids is 2. The number of likely N-dealkylation sites (tertiary alicyclic amines) is 1. The second-order valence-electron chi connectivity index (χ2n) is 6.27. The van der Waals surface area contributed by atoms with Crippen LogP contribution in [-0.4, -0.2) is 67.4 Å². The Kier molecular flexibility index (Phi) is 5.99. The van der Waals surface area contributed by atoms with Crippen LogP contribution in [0.2, 0.25) is 0 Å². The van der Waals surface area contributed by atoms with Crippen molar-refractivity contribution in [2.45, 2.75) is 38.1 Å². The molecule has 3 N–H and O–H groups in total. The van der Waals surface area contributed by atoms with Crippen LogP contribution in [0, 0.1) is 5.92 Å². The Morgan fingerprint density at radius 3 is 3.05 bits per heavy atom. The van der Waals surface area contributed by atoms with E-state index < -0.39 is 0 Å². The number of nitrogens with one attached hydrogen (secondary N) is 1. The molecule has 6 nitrogen and oxygen atoms in total. The van der Waals surface area contributed by atoms with Gasteiger partial charge in [-0.2, -0.15) is 0 Å². The average molecular weight is 296 g/mol. The van der Waals surface area contributed by atoms with Crippen molar-refractivity contribution < 1.29 is 9.59 Å². The molecule has 6 heteroatoms. The molecular formula is C15H28N4O2. The van der Waals surface area contributed by atoms with Crippen LogP contribution >= 0.6 is 0 Å². The smallest absolute Gasteiger partial charge is 0.223 e. The predicted octanol–water partition coefficient (Wildman–Crippen LogP) is -0.216. The van der Waals surface area contributed by atoms with Crippen LogP contribution in [-0.2, 0) is 9.59 Å². The summed E-state index contributed by atoms with van der Waals surface area (Å²) in [5, 5.41) is 3.09. The van der Waals surface area contributed by atoms with Crippen LogP contribution in [0.1, 0.15) is 32.1 Å². The van der Waals surface area contributed by atoms with Gasteiger partial charge in [-0.15, -0.1) is 0 Å². The number of piperidine rings is 2. The number of amides is 2. The number of nitrogens with zero attached hydrogens (tertiary/aromatic N) is 2. The maximum Gasteiger partial charge on any atom is 0.223 e. The Morgan fingerprint density at radius 1 is 1.48 bits per heavy atom. The van der Waals surface area contributed by atoms with Crippen LogP contribution in [0.5, 0.6) is 0 Å². The summed E-state index contributed by atoms with van der Waals surface area (Å²) >= 11 is 0. The van der Waals surface area contributed by atoms with Gasteiger partial charge < -0.3 is 20.9 Å². The molecule has 0 aromatic carbocycles. The molecular weight excluding hydrogens is 268 g/mol. The topological polar surface area (TPSA) is 78.7 Å². The monoisotopic (exact) mass is 296 g/mol. The molecule has 2 rings (SSSR count). The first-order valence-electron chi connectivity index (χ1n) is 8.06. The van der Waals surface area contributed by atoms with E-state index in [4.69, 9.17) is 5.73 Å². The zero-order valence-corrected chi connectivity index (χ0v) is 13.0. The molecule has 120 valence electrons. The van der Waals surface area contributed by atoms with E-state index in [1.54, 1.807) is 4.90 Å². The molecule has 2 aliphatic rings. The lowest BCUT2D eigenvalue weighted by atomic mass is 9.85. The van der Waals surface area contributed by atoms with E-state index in [0.29, 0.717) is 31.3 Å². The fourth-order valence-electron chi connectivity index (χ4n) is 3.29. The summed E-state index contributed by atoms with van der Waals surface area (Å²) in [5.41, 5.74) is 5.46. The average Bonchev–Trinajstić information content (AvgIpc) is 2.50. The third-order valence-electron chi connectivity index (χ3n) is 4.67. The molecule has 0 radical (unpaired) electrons. The van der Waals surface area contributed by atoms with Gasteiger partial charge in [-0.25, -0.2) is 0 Å². The molecule has 2 fully saturated rings. The van der Waals surface area contributed by atoms with Crippen molar-refractivity contribution in [3.63, 3.8) is 0 Å². The highest BCUT2D eigenvalue weighted by molar-refractivity contribution is 5.77. The lowest BCUT2D eigenvalue weighted by Gasteiger charge is -2.41. The zero-order chi connectivity index (χ0) is 15.2. The van der Waals surface area contributed by atoms with Crippen molar-refractivity contribution in [3.05, 3.63) is 0 Å². The van der Waals surface area contributed by atoms with Gasteiger partial charge in [0.25, 0.3) is 0 Å². The molecule has 0 saturated carbocycles. The fourth-order valence-corrected chi connectivity index (χ4v) is 3.29. The van der Waals surface area contributed by atoms with E-state index in [-0.39, 0.29) is 11.8 Å². The molecule has 2 amide bonds. The summed E-state index contributed by atoms with van der Waals surface area (Å²) in [7, 11) is 1.85. The zero-order valence-electron chi connectivity index (χ0n) is 13.0. The van der Waals surface area contributed by atoms with E-state index in [9.17, 15) is 9.59 Å². The Bertz CT molecular complexity index is 375. The number of hydrogen-bond donors (Lipinski definition) is 2. The molecule has 2 aliphatic heterocycles. The van der Waals surface area contributed by atoms with Crippen LogP contribution < -0.4 is 11.1 Å². The first kappa shape index (κ1) is 16.2. The first-order valence-corrected chi connectivity index (χ1v) is 8.06. The maximum absolute atomic E-state index is 12.0. The van der Waals surface area contributed by atoms with Gasteiger partial charge in [0.15, 0.2) is 0 Å². The van der Waals surface area contributed by atoms with Gasteiger partial charge in [-0.3, -0.25) is 9.59 Å². The number of carbonyl (C=O) groups is 2. The molecule has 0 aromatic rings. The molecule has 2 unspecified atom stereocenters. The molecule has 0 spiro atoms. The lowest BCUT2D eigenvalue weighted by Crippen LogP contribution is -2.54. The maximum atomic E-state index is 12.0. The number of rotatable bonds is 6. The molecule has 0 aliphatic carbocycles. The van der Waals surface area contributed by atoms with E-state index in [1.165, 1.54) is 0 Å². The number of fused-ring (bicyclic) bond motifs is 1. The molecule has 2 saturated heterocycles. The summed E-state index contributed by atoms with van der Waals surface area (Å²) in [6, 6.07) is 0.352. The SMILES string of the molecule is CN(CCCN)C(=O)CCN1CCC2NC(=O)CCC2C1. The van der Waals surface area contributed by atoms with Gasteiger partial charge in [-0.1, -0.05) is 0 Å². The minimum atomic E-state index is 0.196. The minimum Gasteiger partial charge on any atom is -0.353 e. The highest BCUT2D eigenvalue weighted by atomic mass is 16.2. The van der Waals surface area contributed by atoms with Gasteiger partial charge in [0.05, 0.1) is 0 Å². The van der Waals surface area contributed by atoms with Gasteiger partial charge in [-0.05, 0) is 31.7 Å². The van der Waals surface area contributed by atoms with E-state index in [0.717, 1.165) is 45.4 Å². The third-order valence-corrected chi connectivity index (χ3v) is 4.67. The third kappa shape index (κ3) is 4.68. The quantitative estimate of drug-likeness (QED) is 0.710. The van der Waals surface area contributed by atoms with Crippen LogP contribution in [0.3, 0.4) is 0 Å². The Balaban J connectivity index is 1.70. The van der Waals surface area contributed by atoms with Gasteiger partial charge in [0.2, 0.25) is 11.8 Å². The summed E-state index contributed by atoms with van der Waals surface area (Å²) in [6.45, 7) is 4.17. The molecule has 0 aromatic heterocycles. The van der Waals surface area contributed by atoms with E-state index in [1.807, 2.05) is 7.05 Å². The van der Waals surface area contributed by atoms with Crippen LogP contribution in [0.4, 0.5) is 0 Å². The van der Waals surface area contributed by atoms with Crippen molar-refractivity contribution in [1.29, 1.82) is 0 Å². The Hall–Kier alpha value is -1.14. The van der Waals surface area contributed by atoms with Crippen molar-refractivity contribution in [1.82, 2.24) is 15.1 Å². The number of hydrogen-bond acceptors (Lipinski definition) is 4. The largest absolute Gasteiger partial charge is 0.353 e. The van der Waals surface area contributed by atoms with Crippen molar-refractivity contribution in [2.24, 2.45) is 11.7 Å². The Labute approximate surface area is 127 Å².